The molecule has 0 saturated carbocycles. The number of para-hydroxylation sites is 1. The SMILES string of the molecule is COc1ccccc1CC(=O)N1CCC(Cc2ccccc2-c2cccc(C)c2)(C(N)=O)C1. The average molecular weight is 443 g/mol. The fourth-order valence-electron chi connectivity index (χ4n) is 4.77. The predicted molar refractivity (Wildman–Crippen MR) is 130 cm³/mol. The fourth-order valence-corrected chi connectivity index (χ4v) is 4.77. The van der Waals surface area contributed by atoms with Crippen LogP contribution in [0.5, 0.6) is 5.75 Å². The predicted octanol–water partition coefficient (Wildman–Crippen LogP) is 4.16. The highest BCUT2D eigenvalue weighted by atomic mass is 16.5. The Morgan fingerprint density at radius 1 is 1.00 bits per heavy atom. The van der Waals surface area contributed by atoms with Gasteiger partial charge in [0, 0.05) is 18.7 Å². The Labute approximate surface area is 195 Å². The van der Waals surface area contributed by atoms with Crippen LogP contribution in [0, 0.1) is 12.3 Å². The molecular weight excluding hydrogens is 412 g/mol. The summed E-state index contributed by atoms with van der Waals surface area (Å²) < 4.78 is 5.39. The lowest BCUT2D eigenvalue weighted by Crippen LogP contribution is -2.43. The third kappa shape index (κ3) is 4.77. The van der Waals surface area contributed by atoms with Gasteiger partial charge in [0.2, 0.25) is 11.8 Å². The molecule has 4 rings (SSSR count). The molecule has 3 aromatic rings. The van der Waals surface area contributed by atoms with Crippen molar-refractivity contribution in [1.82, 2.24) is 4.90 Å². The van der Waals surface area contributed by atoms with Crippen LogP contribution in [-0.2, 0) is 22.4 Å². The van der Waals surface area contributed by atoms with Crippen LogP contribution in [-0.4, -0.2) is 36.9 Å². The van der Waals surface area contributed by atoms with E-state index in [9.17, 15) is 9.59 Å². The number of carbonyl (C=O) groups excluding carboxylic acids is 2. The van der Waals surface area contributed by atoms with Crippen molar-refractivity contribution in [2.24, 2.45) is 11.1 Å². The van der Waals surface area contributed by atoms with Crippen molar-refractivity contribution in [3.05, 3.63) is 89.5 Å². The summed E-state index contributed by atoms with van der Waals surface area (Å²) in [4.78, 5) is 27.6. The number of nitrogens with zero attached hydrogens (tertiary/aromatic N) is 1. The number of carbonyl (C=O) groups is 2. The van der Waals surface area contributed by atoms with Gasteiger partial charge in [0.25, 0.3) is 0 Å². The van der Waals surface area contributed by atoms with Crippen molar-refractivity contribution in [3.63, 3.8) is 0 Å². The average Bonchev–Trinajstić information content (AvgIpc) is 3.25. The van der Waals surface area contributed by atoms with E-state index in [1.54, 1.807) is 12.0 Å². The first kappa shape index (κ1) is 22.6. The molecule has 0 aromatic heterocycles. The number of benzene rings is 3. The lowest BCUT2D eigenvalue weighted by atomic mass is 9.78. The first-order chi connectivity index (χ1) is 15.9. The number of aryl methyl sites for hydroxylation is 1. The van der Waals surface area contributed by atoms with E-state index < -0.39 is 5.41 Å². The van der Waals surface area contributed by atoms with Crippen LogP contribution in [0.4, 0.5) is 0 Å². The molecular formula is C28H30N2O3. The molecule has 5 nitrogen and oxygen atoms in total. The van der Waals surface area contributed by atoms with Crippen molar-refractivity contribution in [2.75, 3.05) is 20.2 Å². The van der Waals surface area contributed by atoms with Crippen LogP contribution in [0.25, 0.3) is 11.1 Å². The molecule has 2 N–H and O–H groups in total. The Morgan fingerprint density at radius 3 is 2.45 bits per heavy atom. The van der Waals surface area contributed by atoms with Crippen molar-refractivity contribution in [2.45, 2.75) is 26.2 Å². The van der Waals surface area contributed by atoms with Gasteiger partial charge in [0.15, 0.2) is 0 Å². The highest BCUT2D eigenvalue weighted by Gasteiger charge is 2.45. The minimum atomic E-state index is -0.781. The Morgan fingerprint density at radius 2 is 1.73 bits per heavy atom. The number of likely N-dealkylation sites (tertiary alicyclic amines) is 1. The second-order valence-electron chi connectivity index (χ2n) is 8.90. The van der Waals surface area contributed by atoms with Gasteiger partial charge >= 0.3 is 0 Å². The first-order valence-electron chi connectivity index (χ1n) is 11.3. The molecule has 0 bridgehead atoms. The molecule has 1 unspecified atom stereocenters. The van der Waals surface area contributed by atoms with Crippen LogP contribution < -0.4 is 10.5 Å². The third-order valence-corrected chi connectivity index (χ3v) is 6.64. The van der Waals surface area contributed by atoms with Gasteiger partial charge in [0.05, 0.1) is 18.9 Å². The molecule has 0 aliphatic carbocycles. The number of rotatable bonds is 7. The van der Waals surface area contributed by atoms with Gasteiger partial charge in [-0.15, -0.1) is 0 Å². The van der Waals surface area contributed by atoms with Crippen molar-refractivity contribution in [3.8, 4) is 16.9 Å². The molecule has 33 heavy (non-hydrogen) atoms. The maximum Gasteiger partial charge on any atom is 0.227 e. The zero-order chi connectivity index (χ0) is 23.4. The van der Waals surface area contributed by atoms with Crippen molar-refractivity contribution >= 4 is 11.8 Å². The van der Waals surface area contributed by atoms with Crippen molar-refractivity contribution in [1.29, 1.82) is 0 Å². The molecule has 170 valence electrons. The molecule has 2 amide bonds. The highest BCUT2D eigenvalue weighted by Crippen LogP contribution is 2.37. The van der Waals surface area contributed by atoms with Crippen LogP contribution in [0.15, 0.2) is 72.8 Å². The van der Waals surface area contributed by atoms with Gasteiger partial charge in [0.1, 0.15) is 5.75 Å². The Hall–Kier alpha value is -3.60. The number of ether oxygens (including phenoxy) is 1. The van der Waals surface area contributed by atoms with E-state index in [1.807, 2.05) is 42.5 Å². The van der Waals surface area contributed by atoms with Gasteiger partial charge in [-0.1, -0.05) is 72.3 Å². The van der Waals surface area contributed by atoms with E-state index in [0.29, 0.717) is 31.7 Å². The summed E-state index contributed by atoms with van der Waals surface area (Å²) in [6.45, 7) is 2.92. The van der Waals surface area contributed by atoms with Gasteiger partial charge < -0.3 is 15.4 Å². The number of hydrogen-bond acceptors (Lipinski definition) is 3. The number of hydrogen-bond donors (Lipinski definition) is 1. The standard InChI is InChI=1S/C28H30N2O3/c1-20-8-7-11-21(16-20)24-12-5-3-10-23(24)18-28(27(29)32)14-15-30(19-28)26(31)17-22-9-4-6-13-25(22)33-2/h3-13,16H,14-15,17-19H2,1-2H3,(H2,29,32). The van der Waals surface area contributed by atoms with E-state index in [2.05, 4.69) is 37.3 Å². The number of amides is 2. The number of methoxy groups -OCH3 is 1. The highest BCUT2D eigenvalue weighted by molar-refractivity contribution is 5.86. The van der Waals surface area contributed by atoms with Crippen LogP contribution in [0.1, 0.15) is 23.1 Å². The number of nitrogens with two attached hydrogens (primary N) is 1. The molecule has 1 aliphatic heterocycles. The zero-order valence-electron chi connectivity index (χ0n) is 19.2. The second-order valence-corrected chi connectivity index (χ2v) is 8.90. The summed E-state index contributed by atoms with van der Waals surface area (Å²) >= 11 is 0. The summed E-state index contributed by atoms with van der Waals surface area (Å²) in [7, 11) is 1.60. The van der Waals surface area contributed by atoms with Crippen LogP contribution in [0.3, 0.4) is 0 Å². The number of primary amides is 1. The normalized spacial score (nSPS) is 17.7. The minimum Gasteiger partial charge on any atom is -0.496 e. The third-order valence-electron chi connectivity index (χ3n) is 6.64. The Kier molecular flexibility index (Phi) is 6.50. The maximum absolute atomic E-state index is 13.1. The summed E-state index contributed by atoms with van der Waals surface area (Å²) in [5.41, 5.74) is 10.5. The van der Waals surface area contributed by atoms with E-state index in [4.69, 9.17) is 10.5 Å². The molecule has 1 fully saturated rings. The molecule has 3 aromatic carbocycles. The van der Waals surface area contributed by atoms with E-state index in [-0.39, 0.29) is 18.2 Å². The molecule has 1 aliphatic rings. The van der Waals surface area contributed by atoms with E-state index >= 15 is 0 Å². The molecule has 1 atom stereocenters. The van der Waals surface area contributed by atoms with Crippen LogP contribution in [0.2, 0.25) is 0 Å². The van der Waals surface area contributed by atoms with Gasteiger partial charge in [-0.2, -0.15) is 0 Å². The maximum atomic E-state index is 13.1. The lowest BCUT2D eigenvalue weighted by molar-refractivity contribution is -0.131. The molecule has 5 heteroatoms. The summed E-state index contributed by atoms with van der Waals surface area (Å²) in [6.07, 6.45) is 1.30. The summed E-state index contributed by atoms with van der Waals surface area (Å²) in [5.74, 6) is 0.321. The Balaban J connectivity index is 1.56. The molecule has 0 spiro atoms. The quantitative estimate of drug-likeness (QED) is 0.597. The van der Waals surface area contributed by atoms with E-state index in [0.717, 1.165) is 22.3 Å². The molecule has 0 radical (unpaired) electrons. The topological polar surface area (TPSA) is 72.6 Å². The monoisotopic (exact) mass is 442 g/mol. The summed E-state index contributed by atoms with van der Waals surface area (Å²) in [6, 6.07) is 24.0. The minimum absolute atomic E-state index is 0.0189. The van der Waals surface area contributed by atoms with Gasteiger partial charge in [-0.25, -0.2) is 0 Å². The first-order valence-corrected chi connectivity index (χ1v) is 11.3. The van der Waals surface area contributed by atoms with Gasteiger partial charge in [-0.3, -0.25) is 9.59 Å². The van der Waals surface area contributed by atoms with Gasteiger partial charge in [-0.05, 0) is 42.5 Å². The largest absolute Gasteiger partial charge is 0.496 e. The Bertz CT molecular complexity index is 1170. The fraction of sp³-hybridized carbons (Fsp3) is 0.286. The zero-order valence-corrected chi connectivity index (χ0v) is 19.2. The molecule has 1 heterocycles. The molecule has 1 saturated heterocycles. The smallest absolute Gasteiger partial charge is 0.227 e. The van der Waals surface area contributed by atoms with E-state index in [1.165, 1.54) is 5.56 Å². The van der Waals surface area contributed by atoms with Crippen molar-refractivity contribution < 1.29 is 14.3 Å². The second kappa shape index (κ2) is 9.49. The summed E-state index contributed by atoms with van der Waals surface area (Å²) in [5, 5.41) is 0. The van der Waals surface area contributed by atoms with Crippen LogP contribution >= 0.6 is 0 Å². The lowest BCUT2D eigenvalue weighted by Gasteiger charge is -2.27.